The predicted octanol–water partition coefficient (Wildman–Crippen LogP) is 2.72. The molecule has 2 fully saturated rings. The van der Waals surface area contributed by atoms with E-state index in [1.807, 2.05) is 23.2 Å². The number of aliphatic hydroxyl groups excluding tert-OH is 1. The van der Waals surface area contributed by atoms with E-state index in [-0.39, 0.29) is 36.2 Å². The molecule has 4 rings (SSSR count). The van der Waals surface area contributed by atoms with E-state index in [4.69, 9.17) is 9.84 Å². The lowest BCUT2D eigenvalue weighted by Crippen LogP contribution is -2.48. The van der Waals surface area contributed by atoms with E-state index in [9.17, 15) is 4.79 Å². The van der Waals surface area contributed by atoms with Gasteiger partial charge in [-0.3, -0.25) is 9.48 Å². The third-order valence-corrected chi connectivity index (χ3v) is 9.83. The maximum Gasteiger partial charge on any atom is 0.246 e. The van der Waals surface area contributed by atoms with Crippen LogP contribution in [0.25, 0.3) is 0 Å². The van der Waals surface area contributed by atoms with Crippen molar-refractivity contribution in [2.75, 3.05) is 31.1 Å². The molecular formula is C25H38FN5O3Si. The molecule has 4 atom stereocenters. The molecule has 0 unspecified atom stereocenters. The smallest absolute Gasteiger partial charge is 0.246 e. The zero-order valence-corrected chi connectivity index (χ0v) is 22.0. The van der Waals surface area contributed by atoms with E-state index >= 15 is 4.11 Å². The van der Waals surface area contributed by atoms with Crippen molar-refractivity contribution in [2.24, 2.45) is 5.92 Å². The predicted molar refractivity (Wildman–Crippen MR) is 136 cm³/mol. The molecule has 2 aromatic rings. The van der Waals surface area contributed by atoms with Gasteiger partial charge in [-0.05, 0) is 56.0 Å². The van der Waals surface area contributed by atoms with Gasteiger partial charge in [0, 0.05) is 50.1 Å². The molecule has 0 radical (unpaired) electrons. The highest BCUT2D eigenvalue weighted by Gasteiger charge is 2.50. The Kier molecular flexibility index (Phi) is 8.36. The number of aryl methyl sites for hydroxylation is 2. The summed E-state index contributed by atoms with van der Waals surface area (Å²) in [4.78, 5) is 14.0. The highest BCUT2D eigenvalue weighted by molar-refractivity contribution is 6.72. The summed E-state index contributed by atoms with van der Waals surface area (Å²) in [6.45, 7) is 8.26. The number of anilines is 1. The number of piperazine rings is 1. The first kappa shape index (κ1) is 25.9. The van der Waals surface area contributed by atoms with Crippen LogP contribution in [-0.4, -0.2) is 72.9 Å². The van der Waals surface area contributed by atoms with E-state index in [0.29, 0.717) is 32.5 Å². The third kappa shape index (κ3) is 6.35. The maximum absolute atomic E-state index is 15.4. The number of amides is 1. The fraction of sp³-hybridized carbons (Fsp3) is 0.640. The molecule has 1 aromatic carbocycles. The zero-order valence-electron chi connectivity index (χ0n) is 21.0. The second-order valence-corrected chi connectivity index (χ2v) is 14.1. The summed E-state index contributed by atoms with van der Waals surface area (Å²) in [5.41, 5.74) is 2.83. The van der Waals surface area contributed by atoms with E-state index in [1.54, 1.807) is 17.8 Å². The summed E-state index contributed by atoms with van der Waals surface area (Å²) >= 11 is 0. The molecule has 1 aromatic heterocycles. The quantitative estimate of drug-likeness (QED) is 0.383. The monoisotopic (exact) mass is 503 g/mol. The fourth-order valence-electron chi connectivity index (χ4n) is 5.62. The standard InChI is InChI=1S/C25H38FN5O3Si/c1-18-22(9-6-19-4-7-21(8-5-19)31-14-12-27-16-24(31)33)34-23(25(18)35(2,3)26)10-13-30-17-20(11-15-32)28-29-30/h4-5,7-8,17-18,22-23,25,27,32H,6,9-16H2,1-3H3/t18-,22+,23-,25+/m0/s1. The molecule has 2 saturated heterocycles. The number of aromatic nitrogens is 3. The molecule has 2 aliphatic rings. The Labute approximate surface area is 208 Å². The minimum absolute atomic E-state index is 0.0163. The Balaban J connectivity index is 1.35. The number of benzene rings is 1. The van der Waals surface area contributed by atoms with Gasteiger partial charge in [-0.2, -0.15) is 0 Å². The summed E-state index contributed by atoms with van der Waals surface area (Å²) in [5, 5.41) is 20.4. The molecule has 2 N–H and O–H groups in total. The molecule has 3 heterocycles. The number of ether oxygens (including phenoxy) is 1. The van der Waals surface area contributed by atoms with Crippen molar-refractivity contribution in [1.29, 1.82) is 0 Å². The maximum atomic E-state index is 15.4. The van der Waals surface area contributed by atoms with E-state index in [2.05, 4.69) is 34.7 Å². The third-order valence-electron chi connectivity index (χ3n) is 7.35. The van der Waals surface area contributed by atoms with Crippen LogP contribution in [0.3, 0.4) is 0 Å². The summed E-state index contributed by atoms with van der Waals surface area (Å²) in [5.74, 6) is 0.257. The number of nitrogens with one attached hydrogen (secondary N) is 1. The molecule has 1 amide bonds. The average molecular weight is 504 g/mol. The van der Waals surface area contributed by atoms with Gasteiger partial charge in [-0.1, -0.05) is 24.3 Å². The molecular weight excluding hydrogens is 465 g/mol. The van der Waals surface area contributed by atoms with Crippen LogP contribution in [-0.2, 0) is 28.9 Å². The van der Waals surface area contributed by atoms with Crippen LogP contribution in [0.5, 0.6) is 0 Å². The highest BCUT2D eigenvalue weighted by atomic mass is 28.4. The van der Waals surface area contributed by atoms with Crippen LogP contribution in [0.4, 0.5) is 9.80 Å². The first-order valence-corrected chi connectivity index (χ1v) is 15.7. The molecule has 192 valence electrons. The normalized spacial score (nSPS) is 25.4. The summed E-state index contributed by atoms with van der Waals surface area (Å²) in [6, 6.07) is 8.21. The van der Waals surface area contributed by atoms with Gasteiger partial charge in [0.05, 0.1) is 24.4 Å². The first-order valence-electron chi connectivity index (χ1n) is 12.7. The van der Waals surface area contributed by atoms with E-state index in [1.165, 1.54) is 5.56 Å². The lowest BCUT2D eigenvalue weighted by atomic mass is 9.95. The number of hydrogen-bond acceptors (Lipinski definition) is 6. The molecule has 0 aliphatic carbocycles. The average Bonchev–Trinajstić information content (AvgIpc) is 3.40. The zero-order chi connectivity index (χ0) is 25.0. The number of aliphatic hydroxyl groups is 1. The van der Waals surface area contributed by atoms with Gasteiger partial charge in [0.15, 0.2) is 0 Å². The largest absolute Gasteiger partial charge is 0.396 e. The van der Waals surface area contributed by atoms with Gasteiger partial charge < -0.3 is 24.2 Å². The topological polar surface area (TPSA) is 92.5 Å². The summed E-state index contributed by atoms with van der Waals surface area (Å²) < 4.78 is 23.6. The number of nitrogens with zero attached hydrogens (tertiary/aromatic N) is 4. The van der Waals surface area contributed by atoms with E-state index in [0.717, 1.165) is 30.8 Å². The lowest BCUT2D eigenvalue weighted by Gasteiger charge is -2.28. The van der Waals surface area contributed by atoms with Gasteiger partial charge in [0.2, 0.25) is 14.3 Å². The Morgan fingerprint density at radius 2 is 1.97 bits per heavy atom. The molecule has 8 nitrogen and oxygen atoms in total. The van der Waals surface area contributed by atoms with Crippen molar-refractivity contribution < 1.29 is 18.7 Å². The van der Waals surface area contributed by atoms with Gasteiger partial charge in [0.1, 0.15) is 0 Å². The molecule has 2 aliphatic heterocycles. The van der Waals surface area contributed by atoms with Crippen LogP contribution in [0, 0.1) is 5.92 Å². The van der Waals surface area contributed by atoms with Crippen molar-refractivity contribution in [2.45, 2.75) is 70.0 Å². The Hall–Kier alpha value is -2.14. The molecule has 0 spiro atoms. The minimum atomic E-state index is -2.93. The summed E-state index contributed by atoms with van der Waals surface area (Å²) in [6.07, 6.45) is 4.60. The van der Waals surface area contributed by atoms with Crippen LogP contribution in [0.15, 0.2) is 30.5 Å². The van der Waals surface area contributed by atoms with Gasteiger partial charge in [0.25, 0.3) is 0 Å². The molecule has 35 heavy (non-hydrogen) atoms. The Morgan fingerprint density at radius 3 is 2.66 bits per heavy atom. The van der Waals surface area contributed by atoms with Gasteiger partial charge in [-0.25, -0.2) is 0 Å². The first-order chi connectivity index (χ1) is 16.8. The van der Waals surface area contributed by atoms with Crippen LogP contribution >= 0.6 is 0 Å². The van der Waals surface area contributed by atoms with Crippen LogP contribution in [0.2, 0.25) is 18.6 Å². The molecule has 0 saturated carbocycles. The lowest BCUT2D eigenvalue weighted by molar-refractivity contribution is -0.118. The van der Waals surface area contributed by atoms with Crippen molar-refractivity contribution in [1.82, 2.24) is 20.3 Å². The second-order valence-electron chi connectivity index (χ2n) is 10.3. The number of halogens is 1. The molecule has 10 heteroatoms. The SMILES string of the molecule is C[C@@H]1[C@@H]([Si](C)(C)F)[C@H](CCn2cc(CCO)nn2)O[C@@H]1CCc1ccc(N2CCNCC2=O)cc1. The Bertz CT molecular complexity index is 980. The molecule has 0 bridgehead atoms. The van der Waals surface area contributed by atoms with Gasteiger partial charge >= 0.3 is 0 Å². The fourth-order valence-corrected chi connectivity index (χ4v) is 8.21. The second kappa shape index (κ2) is 11.3. The number of carbonyl (C=O) groups is 1. The number of carbonyl (C=O) groups excluding carboxylic acids is 1. The minimum Gasteiger partial charge on any atom is -0.396 e. The number of hydrogen-bond donors (Lipinski definition) is 2. The van der Waals surface area contributed by atoms with Crippen molar-refractivity contribution >= 4 is 20.0 Å². The van der Waals surface area contributed by atoms with Crippen LogP contribution in [0.1, 0.15) is 31.0 Å². The van der Waals surface area contributed by atoms with Gasteiger partial charge in [-0.15, -0.1) is 5.10 Å². The van der Waals surface area contributed by atoms with Crippen LogP contribution < -0.4 is 10.2 Å². The summed E-state index contributed by atoms with van der Waals surface area (Å²) in [7, 11) is -2.93. The van der Waals surface area contributed by atoms with Crippen molar-refractivity contribution in [3.05, 3.63) is 41.7 Å². The highest BCUT2D eigenvalue weighted by Crippen LogP contribution is 2.47. The van der Waals surface area contributed by atoms with Crippen molar-refractivity contribution in [3.63, 3.8) is 0 Å². The van der Waals surface area contributed by atoms with E-state index < -0.39 is 8.41 Å². The number of rotatable bonds is 10. The van der Waals surface area contributed by atoms with Crippen molar-refractivity contribution in [3.8, 4) is 0 Å². The Morgan fingerprint density at radius 1 is 1.20 bits per heavy atom.